The minimum Gasteiger partial charge on any atom is -0.447 e. The molecule has 0 fully saturated rings. The molecule has 0 spiro atoms. The van der Waals surface area contributed by atoms with Gasteiger partial charge in [-0.05, 0) is 55.8 Å². The molecule has 4 rings (SSSR count). The molecule has 1 atom stereocenters. The molecule has 0 bridgehead atoms. The van der Waals surface area contributed by atoms with E-state index in [4.69, 9.17) is 14.2 Å². The standard InChI is InChI=1S/C30H32F3N5O5S/c1-29(2,3)43-28(40)36-21(10-17-6-9-23(34-13-17)30(4,32)33)15-42-27(39)38-26-37-22(16-41-5)25(44-26)18-7-8-19-14-35-24(31)12-20(19)11-18/h6-9,11-14,21H,10,15-16H2,1-5H3,(H,36,40)(H,37,38,39)/t21-/m0/s1. The predicted octanol–water partition coefficient (Wildman–Crippen LogP) is 6.84. The third-order valence-corrected chi connectivity index (χ3v) is 7.09. The Labute approximate surface area is 256 Å². The number of nitrogens with one attached hydrogen (secondary N) is 2. The van der Waals surface area contributed by atoms with E-state index in [1.54, 1.807) is 26.8 Å². The van der Waals surface area contributed by atoms with Gasteiger partial charge in [-0.3, -0.25) is 10.3 Å². The van der Waals surface area contributed by atoms with E-state index in [0.29, 0.717) is 21.5 Å². The number of alkyl halides is 2. The molecule has 3 heterocycles. The molecular weight excluding hydrogens is 599 g/mol. The second kappa shape index (κ2) is 13.6. The van der Waals surface area contributed by atoms with Crippen LogP contribution in [0.4, 0.5) is 27.9 Å². The van der Waals surface area contributed by atoms with Gasteiger partial charge in [-0.1, -0.05) is 29.5 Å². The summed E-state index contributed by atoms with van der Waals surface area (Å²) in [6.45, 7) is 5.73. The smallest absolute Gasteiger partial charge is 0.413 e. The maximum absolute atomic E-state index is 13.7. The van der Waals surface area contributed by atoms with Gasteiger partial charge in [0, 0.05) is 37.9 Å². The van der Waals surface area contributed by atoms with Gasteiger partial charge in [0.1, 0.15) is 17.9 Å². The Morgan fingerprint density at radius 3 is 2.43 bits per heavy atom. The minimum atomic E-state index is -3.10. The van der Waals surface area contributed by atoms with Crippen LogP contribution in [0, 0.1) is 5.95 Å². The summed E-state index contributed by atoms with van der Waals surface area (Å²) < 4.78 is 56.9. The highest BCUT2D eigenvalue weighted by Gasteiger charge is 2.26. The van der Waals surface area contributed by atoms with Crippen molar-refractivity contribution in [2.75, 3.05) is 19.0 Å². The van der Waals surface area contributed by atoms with E-state index in [2.05, 4.69) is 25.6 Å². The van der Waals surface area contributed by atoms with Crippen LogP contribution in [0.3, 0.4) is 0 Å². The zero-order valence-electron chi connectivity index (χ0n) is 24.7. The quantitative estimate of drug-likeness (QED) is 0.183. The van der Waals surface area contributed by atoms with Crippen molar-refractivity contribution in [3.05, 3.63) is 71.7 Å². The van der Waals surface area contributed by atoms with Crippen LogP contribution < -0.4 is 10.6 Å². The molecule has 0 unspecified atom stereocenters. The minimum absolute atomic E-state index is 0.118. The first kappa shape index (κ1) is 32.6. The SMILES string of the molecule is COCc1nc(NC(=O)OC[C@H](Cc2ccc(C(C)(F)F)nc2)NC(=O)OC(C)(C)C)sc1-c1ccc2cnc(F)cc2c1. The number of carbonyl (C=O) groups excluding carboxylic acids is 2. The molecule has 0 aliphatic rings. The molecule has 4 aromatic rings. The molecule has 0 aliphatic carbocycles. The molecule has 14 heteroatoms. The van der Waals surface area contributed by atoms with Crippen molar-refractivity contribution in [2.45, 2.75) is 58.3 Å². The molecule has 2 amide bonds. The fourth-order valence-electron chi connectivity index (χ4n) is 4.14. The van der Waals surface area contributed by atoms with Crippen molar-refractivity contribution >= 4 is 39.4 Å². The number of thiazole rings is 1. The van der Waals surface area contributed by atoms with Crippen molar-refractivity contribution < 1.29 is 37.0 Å². The highest BCUT2D eigenvalue weighted by atomic mass is 32.1. The Morgan fingerprint density at radius 2 is 1.77 bits per heavy atom. The summed E-state index contributed by atoms with van der Waals surface area (Å²) in [6.07, 6.45) is 1.27. The molecule has 10 nitrogen and oxygen atoms in total. The van der Waals surface area contributed by atoms with Crippen LogP contribution in [0.1, 0.15) is 44.6 Å². The van der Waals surface area contributed by atoms with Gasteiger partial charge in [0.15, 0.2) is 5.13 Å². The van der Waals surface area contributed by atoms with Gasteiger partial charge in [-0.25, -0.2) is 19.6 Å². The zero-order chi connectivity index (χ0) is 32.1. The lowest BCUT2D eigenvalue weighted by atomic mass is 10.1. The molecule has 0 radical (unpaired) electrons. The number of ether oxygens (including phenoxy) is 3. The average molecular weight is 632 g/mol. The monoisotopic (exact) mass is 631 g/mol. The van der Waals surface area contributed by atoms with Crippen LogP contribution >= 0.6 is 11.3 Å². The first-order valence-corrected chi connectivity index (χ1v) is 14.3. The summed E-state index contributed by atoms with van der Waals surface area (Å²) in [5.74, 6) is -3.70. The number of hydrogen-bond donors (Lipinski definition) is 2. The highest BCUT2D eigenvalue weighted by Crippen LogP contribution is 2.35. The Morgan fingerprint density at radius 1 is 1.00 bits per heavy atom. The van der Waals surface area contributed by atoms with E-state index in [9.17, 15) is 22.8 Å². The Hall–Kier alpha value is -4.30. The number of methoxy groups -OCH3 is 1. The van der Waals surface area contributed by atoms with Crippen molar-refractivity contribution in [2.24, 2.45) is 0 Å². The second-order valence-electron chi connectivity index (χ2n) is 11.0. The third-order valence-electron chi connectivity index (χ3n) is 6.03. The number of hydrogen-bond acceptors (Lipinski definition) is 9. The normalized spacial score (nSPS) is 12.5. The van der Waals surface area contributed by atoms with Crippen LogP contribution in [-0.2, 0) is 33.2 Å². The predicted molar refractivity (Wildman–Crippen MR) is 159 cm³/mol. The number of pyridine rings is 2. The summed E-state index contributed by atoms with van der Waals surface area (Å²) in [5.41, 5.74) is 0.664. The second-order valence-corrected chi connectivity index (χ2v) is 12.0. The van der Waals surface area contributed by atoms with Crippen molar-refractivity contribution in [1.82, 2.24) is 20.3 Å². The number of halogens is 3. The first-order chi connectivity index (χ1) is 20.7. The summed E-state index contributed by atoms with van der Waals surface area (Å²) in [7, 11) is 1.51. The number of nitrogens with zero attached hydrogens (tertiary/aromatic N) is 3. The average Bonchev–Trinajstić information content (AvgIpc) is 3.32. The lowest BCUT2D eigenvalue weighted by molar-refractivity contribution is 0.0127. The fourth-order valence-corrected chi connectivity index (χ4v) is 5.09. The lowest BCUT2D eigenvalue weighted by Gasteiger charge is -2.23. The molecular formula is C30H32F3N5O5S. The largest absolute Gasteiger partial charge is 0.447 e. The number of carbonyl (C=O) groups is 2. The summed E-state index contributed by atoms with van der Waals surface area (Å²) in [6, 6.07) is 8.68. The number of aromatic nitrogens is 3. The summed E-state index contributed by atoms with van der Waals surface area (Å²) in [5, 5.41) is 6.89. The van der Waals surface area contributed by atoms with E-state index >= 15 is 0 Å². The molecule has 44 heavy (non-hydrogen) atoms. The fraction of sp³-hybridized carbons (Fsp3) is 0.367. The zero-order valence-corrected chi connectivity index (χ0v) is 25.6. The van der Waals surface area contributed by atoms with Crippen LogP contribution in [0.5, 0.6) is 0 Å². The van der Waals surface area contributed by atoms with E-state index in [-0.39, 0.29) is 24.8 Å². The Kier molecular flexibility index (Phi) is 10.0. The van der Waals surface area contributed by atoms with Crippen LogP contribution in [0.15, 0.2) is 48.8 Å². The van der Waals surface area contributed by atoms with E-state index in [1.807, 2.05) is 12.1 Å². The first-order valence-electron chi connectivity index (χ1n) is 13.5. The number of anilines is 1. The molecule has 234 valence electrons. The van der Waals surface area contributed by atoms with Gasteiger partial charge >= 0.3 is 12.2 Å². The van der Waals surface area contributed by atoms with E-state index < -0.39 is 41.4 Å². The molecule has 1 aromatic carbocycles. The van der Waals surface area contributed by atoms with Gasteiger partial charge in [-0.2, -0.15) is 13.2 Å². The maximum Gasteiger partial charge on any atom is 0.413 e. The molecule has 0 saturated heterocycles. The molecule has 0 aliphatic heterocycles. The maximum atomic E-state index is 13.7. The van der Waals surface area contributed by atoms with Gasteiger partial charge in [0.05, 0.1) is 23.2 Å². The van der Waals surface area contributed by atoms with Crippen molar-refractivity contribution in [3.8, 4) is 10.4 Å². The Bertz CT molecular complexity index is 1620. The number of fused-ring (bicyclic) bond motifs is 1. The third kappa shape index (κ3) is 9.10. The Balaban J connectivity index is 1.47. The topological polar surface area (TPSA) is 125 Å². The van der Waals surface area contributed by atoms with E-state index in [0.717, 1.165) is 17.9 Å². The van der Waals surface area contributed by atoms with Crippen molar-refractivity contribution in [3.63, 3.8) is 0 Å². The van der Waals surface area contributed by atoms with Gasteiger partial charge in [-0.15, -0.1) is 0 Å². The number of amides is 2. The van der Waals surface area contributed by atoms with Crippen LogP contribution in [0.25, 0.3) is 21.2 Å². The van der Waals surface area contributed by atoms with Crippen LogP contribution in [0.2, 0.25) is 0 Å². The van der Waals surface area contributed by atoms with Crippen LogP contribution in [-0.4, -0.2) is 52.5 Å². The molecule has 3 aromatic heterocycles. The summed E-state index contributed by atoms with van der Waals surface area (Å²) >= 11 is 1.18. The molecule has 2 N–H and O–H groups in total. The number of rotatable bonds is 10. The molecule has 0 saturated carbocycles. The number of alkyl carbamates (subject to hydrolysis) is 1. The summed E-state index contributed by atoms with van der Waals surface area (Å²) in [4.78, 5) is 37.9. The van der Waals surface area contributed by atoms with Gasteiger partial charge in [0.25, 0.3) is 5.92 Å². The number of benzene rings is 1. The van der Waals surface area contributed by atoms with Gasteiger partial charge < -0.3 is 19.5 Å². The van der Waals surface area contributed by atoms with E-state index in [1.165, 1.54) is 49.0 Å². The lowest BCUT2D eigenvalue weighted by Crippen LogP contribution is -2.43. The van der Waals surface area contributed by atoms with Crippen molar-refractivity contribution in [1.29, 1.82) is 0 Å². The van der Waals surface area contributed by atoms with Gasteiger partial charge in [0.2, 0.25) is 5.95 Å². The highest BCUT2D eigenvalue weighted by molar-refractivity contribution is 7.19.